The smallest absolute Gasteiger partial charge is 0.422 e. The Labute approximate surface area is 205 Å². The number of amides is 1. The normalized spacial score (nSPS) is 12.4. The van der Waals surface area contributed by atoms with Gasteiger partial charge in [-0.3, -0.25) is 4.79 Å². The third-order valence-electron chi connectivity index (χ3n) is 5.27. The first-order valence-corrected chi connectivity index (χ1v) is 10.7. The summed E-state index contributed by atoms with van der Waals surface area (Å²) in [5, 5.41) is 20.1. The molecule has 1 amide bonds. The van der Waals surface area contributed by atoms with Crippen LogP contribution in [0.5, 0.6) is 0 Å². The number of alkyl halides is 3. The van der Waals surface area contributed by atoms with E-state index >= 15 is 0 Å². The van der Waals surface area contributed by atoms with Crippen LogP contribution in [-0.2, 0) is 17.5 Å². The van der Waals surface area contributed by atoms with Crippen LogP contribution in [0.4, 0.5) is 13.2 Å². The van der Waals surface area contributed by atoms with Gasteiger partial charge in [-0.2, -0.15) is 18.2 Å². The Hall–Kier alpha value is -4.78. The van der Waals surface area contributed by atoms with Gasteiger partial charge in [0.15, 0.2) is 6.10 Å². The third-order valence-corrected chi connectivity index (χ3v) is 5.27. The molecule has 0 saturated carbocycles. The van der Waals surface area contributed by atoms with Gasteiger partial charge in [-0.1, -0.05) is 64.9 Å². The van der Waals surface area contributed by atoms with E-state index in [1.54, 1.807) is 18.2 Å². The second-order valence-electron chi connectivity index (χ2n) is 7.69. The number of nitrogens with one attached hydrogen (secondary N) is 1. The molecule has 0 spiro atoms. The number of aromatic nitrogens is 4. The lowest BCUT2D eigenvalue weighted by Gasteiger charge is -2.11. The SMILES string of the molecule is O=C(NCc1ncco1)[C@@H](O)c1ccc(-c2noc(-c3onc(-c4ccccc4)c3C(F)(F)F)n2)cc1. The van der Waals surface area contributed by atoms with Crippen molar-refractivity contribution in [3.63, 3.8) is 0 Å². The maximum atomic E-state index is 13.9. The van der Waals surface area contributed by atoms with Crippen LogP contribution in [0.2, 0.25) is 0 Å². The predicted molar refractivity (Wildman–Crippen MR) is 119 cm³/mol. The second-order valence-corrected chi connectivity index (χ2v) is 7.69. The molecule has 2 N–H and O–H groups in total. The van der Waals surface area contributed by atoms with Crippen LogP contribution in [-0.4, -0.2) is 31.3 Å². The molecule has 0 aliphatic heterocycles. The van der Waals surface area contributed by atoms with E-state index in [1.165, 1.54) is 48.9 Å². The number of nitrogens with zero attached hydrogens (tertiary/aromatic N) is 4. The van der Waals surface area contributed by atoms with Crippen LogP contribution in [0.3, 0.4) is 0 Å². The first kappa shape index (κ1) is 23.9. The number of benzene rings is 2. The summed E-state index contributed by atoms with van der Waals surface area (Å²) in [5.74, 6) is -1.64. The van der Waals surface area contributed by atoms with Crippen LogP contribution in [0.25, 0.3) is 34.3 Å². The average molecular weight is 511 g/mol. The van der Waals surface area contributed by atoms with Gasteiger partial charge in [0.05, 0.1) is 12.7 Å². The highest BCUT2D eigenvalue weighted by atomic mass is 19.4. The average Bonchev–Trinajstić information content (AvgIpc) is 3.67. The molecule has 13 heteroatoms. The summed E-state index contributed by atoms with van der Waals surface area (Å²) in [6, 6.07) is 13.6. The van der Waals surface area contributed by atoms with Crippen LogP contribution in [0.1, 0.15) is 23.1 Å². The number of rotatable bonds is 7. The van der Waals surface area contributed by atoms with Crippen molar-refractivity contribution in [2.75, 3.05) is 0 Å². The lowest BCUT2D eigenvalue weighted by atomic mass is 10.1. The Kier molecular flexibility index (Phi) is 6.27. The highest BCUT2D eigenvalue weighted by Crippen LogP contribution is 2.43. The van der Waals surface area contributed by atoms with E-state index in [4.69, 9.17) is 13.5 Å². The van der Waals surface area contributed by atoms with Crippen LogP contribution >= 0.6 is 0 Å². The number of hydrogen-bond donors (Lipinski definition) is 2. The molecule has 0 fully saturated rings. The molecular weight excluding hydrogens is 495 g/mol. The van der Waals surface area contributed by atoms with Gasteiger partial charge in [-0.25, -0.2) is 4.98 Å². The molecule has 3 heterocycles. The van der Waals surface area contributed by atoms with E-state index in [1.807, 2.05) is 0 Å². The molecule has 3 aromatic heterocycles. The van der Waals surface area contributed by atoms with Crippen LogP contribution < -0.4 is 5.32 Å². The lowest BCUT2D eigenvalue weighted by molar-refractivity contribution is -0.137. The Morgan fingerprint density at radius 2 is 1.76 bits per heavy atom. The zero-order valence-electron chi connectivity index (χ0n) is 18.6. The number of aliphatic hydroxyl groups excluding tert-OH is 1. The maximum Gasteiger partial charge on any atom is 0.422 e. The highest BCUT2D eigenvalue weighted by Gasteiger charge is 2.43. The minimum atomic E-state index is -4.81. The van der Waals surface area contributed by atoms with Gasteiger partial charge in [0.25, 0.3) is 11.8 Å². The van der Waals surface area contributed by atoms with E-state index in [-0.39, 0.29) is 29.4 Å². The largest absolute Gasteiger partial charge is 0.447 e. The summed E-state index contributed by atoms with van der Waals surface area (Å²) in [6.45, 7) is 0.000149. The fourth-order valence-electron chi connectivity index (χ4n) is 3.49. The summed E-state index contributed by atoms with van der Waals surface area (Å²) < 4.78 is 56.8. The monoisotopic (exact) mass is 511 g/mol. The molecule has 2 aromatic carbocycles. The predicted octanol–water partition coefficient (Wildman–Crippen LogP) is 4.42. The third kappa shape index (κ3) is 4.97. The molecule has 1 atom stereocenters. The summed E-state index contributed by atoms with van der Waals surface area (Å²) >= 11 is 0. The van der Waals surface area contributed by atoms with E-state index in [2.05, 4.69) is 25.6 Å². The van der Waals surface area contributed by atoms with Crippen molar-refractivity contribution in [2.24, 2.45) is 0 Å². The van der Waals surface area contributed by atoms with Gasteiger partial charge in [-0.15, -0.1) is 0 Å². The molecule has 0 aliphatic rings. The van der Waals surface area contributed by atoms with E-state index in [9.17, 15) is 23.1 Å². The Morgan fingerprint density at radius 1 is 1.00 bits per heavy atom. The molecular formula is C24H16F3N5O5. The van der Waals surface area contributed by atoms with Crippen molar-refractivity contribution in [2.45, 2.75) is 18.8 Å². The minimum Gasteiger partial charge on any atom is -0.447 e. The van der Waals surface area contributed by atoms with Gasteiger partial charge in [-0.05, 0) is 5.56 Å². The van der Waals surface area contributed by atoms with Gasteiger partial charge in [0, 0.05) is 11.1 Å². The van der Waals surface area contributed by atoms with Gasteiger partial charge < -0.3 is 23.9 Å². The molecule has 5 rings (SSSR count). The fourth-order valence-corrected chi connectivity index (χ4v) is 3.49. The number of carbonyl (C=O) groups excluding carboxylic acids is 1. The molecule has 0 unspecified atom stereocenters. The number of hydrogen-bond acceptors (Lipinski definition) is 9. The van der Waals surface area contributed by atoms with Crippen molar-refractivity contribution in [3.8, 4) is 34.3 Å². The molecule has 10 nitrogen and oxygen atoms in total. The summed E-state index contributed by atoms with van der Waals surface area (Å²) in [4.78, 5) is 20.1. The molecule has 0 saturated heterocycles. The quantitative estimate of drug-likeness (QED) is 0.325. The zero-order valence-corrected chi connectivity index (χ0v) is 18.6. The Bertz CT molecular complexity index is 1500. The van der Waals surface area contributed by atoms with Crippen molar-refractivity contribution in [1.29, 1.82) is 0 Å². The topological polar surface area (TPSA) is 140 Å². The Morgan fingerprint density at radius 3 is 2.43 bits per heavy atom. The molecule has 0 aliphatic carbocycles. The fraction of sp³-hybridized carbons (Fsp3) is 0.125. The molecule has 37 heavy (non-hydrogen) atoms. The number of carbonyl (C=O) groups is 1. The molecule has 188 valence electrons. The molecule has 0 bridgehead atoms. The second kappa shape index (κ2) is 9.70. The van der Waals surface area contributed by atoms with Crippen molar-refractivity contribution < 1.29 is 36.5 Å². The number of oxazole rings is 1. The number of aliphatic hydroxyl groups is 1. The maximum absolute atomic E-state index is 13.9. The summed E-state index contributed by atoms with van der Waals surface area (Å²) in [7, 11) is 0. The van der Waals surface area contributed by atoms with Crippen molar-refractivity contribution in [1.82, 2.24) is 25.6 Å². The number of halogens is 3. The van der Waals surface area contributed by atoms with E-state index in [0.29, 0.717) is 5.56 Å². The standard InChI is InChI=1S/C24H16F3N5O5/c25-24(26,27)17-18(13-4-2-1-3-5-13)31-36-20(17)23-30-21(32-37-23)15-8-6-14(7-9-15)19(33)22(34)29-12-16-28-10-11-35-16/h1-11,19,33H,12H2,(H,29,34)/t19-/m0/s1. The summed E-state index contributed by atoms with van der Waals surface area (Å²) in [5.41, 5.74) is -0.699. The zero-order chi connectivity index (χ0) is 26.0. The highest BCUT2D eigenvalue weighted by molar-refractivity contribution is 5.82. The van der Waals surface area contributed by atoms with Crippen LogP contribution in [0.15, 0.2) is 80.5 Å². The van der Waals surface area contributed by atoms with Crippen LogP contribution in [0, 0.1) is 0 Å². The van der Waals surface area contributed by atoms with Gasteiger partial charge >= 0.3 is 6.18 Å². The summed E-state index contributed by atoms with van der Waals surface area (Å²) in [6.07, 6.45) is -3.51. The van der Waals surface area contributed by atoms with E-state index in [0.717, 1.165) is 0 Å². The molecule has 0 radical (unpaired) electrons. The van der Waals surface area contributed by atoms with Crippen molar-refractivity contribution in [3.05, 3.63) is 84.1 Å². The van der Waals surface area contributed by atoms with Crippen molar-refractivity contribution >= 4 is 5.91 Å². The lowest BCUT2D eigenvalue weighted by Crippen LogP contribution is -2.28. The molecule has 5 aromatic rings. The first-order chi connectivity index (χ1) is 17.8. The Balaban J connectivity index is 1.36. The van der Waals surface area contributed by atoms with Gasteiger partial charge in [0.2, 0.25) is 17.5 Å². The van der Waals surface area contributed by atoms with E-state index < -0.39 is 41.1 Å². The van der Waals surface area contributed by atoms with Gasteiger partial charge in [0.1, 0.15) is 17.5 Å². The first-order valence-electron chi connectivity index (χ1n) is 10.7. The minimum absolute atomic E-state index is 0.000149.